The first-order valence-corrected chi connectivity index (χ1v) is 4.30. The minimum absolute atomic E-state index is 0.347. The lowest BCUT2D eigenvalue weighted by atomic mass is 10.0. The van der Waals surface area contributed by atoms with Crippen LogP contribution in [-0.2, 0) is 0 Å². The van der Waals surface area contributed by atoms with Crippen molar-refractivity contribution in [2.24, 2.45) is 0 Å². The van der Waals surface area contributed by atoms with Crippen LogP contribution in [-0.4, -0.2) is 32.6 Å². The molecule has 0 aromatic rings. The second kappa shape index (κ2) is 3.22. The van der Waals surface area contributed by atoms with Crippen LogP contribution in [0, 0.1) is 0 Å². The largest absolute Gasteiger partial charge is 0.390 e. The highest BCUT2D eigenvalue weighted by Crippen LogP contribution is 2.23. The summed E-state index contributed by atoms with van der Waals surface area (Å²) in [7, 11) is 0. The van der Waals surface area contributed by atoms with Crippen molar-refractivity contribution in [1.82, 2.24) is 0 Å². The van der Waals surface area contributed by atoms with E-state index in [1.807, 2.05) is 0 Å². The van der Waals surface area contributed by atoms with E-state index in [0.29, 0.717) is 0 Å². The molecule has 0 aliphatic heterocycles. The number of halogens is 2. The van der Waals surface area contributed by atoms with Crippen LogP contribution in [0.3, 0.4) is 0 Å². The summed E-state index contributed by atoms with van der Waals surface area (Å²) in [5.41, 5.74) is 0. The summed E-state index contributed by atoms with van der Waals surface area (Å²) in [6.45, 7) is 0. The summed E-state index contributed by atoms with van der Waals surface area (Å²) >= 11 is 8.77. The molecule has 2 nitrogen and oxygen atoms in total. The fourth-order valence-electron chi connectivity index (χ4n) is 0.818. The fourth-order valence-corrected chi connectivity index (χ4v) is 1.74. The quantitative estimate of drug-likeness (QED) is 0.471. The Kier molecular flexibility index (Phi) is 2.74. The zero-order valence-corrected chi connectivity index (χ0v) is 7.46. The molecule has 1 aliphatic carbocycles. The lowest BCUT2D eigenvalue weighted by Crippen LogP contribution is -2.40. The van der Waals surface area contributed by atoms with E-state index in [4.69, 9.17) is 16.7 Å². The van der Waals surface area contributed by atoms with Gasteiger partial charge in [0.25, 0.3) is 0 Å². The Hall–Kier alpha value is 0.430. The Morgan fingerprint density at radius 3 is 2.40 bits per heavy atom. The molecule has 4 atom stereocenters. The van der Waals surface area contributed by atoms with Gasteiger partial charge in [0.1, 0.15) is 0 Å². The second-order valence-electron chi connectivity index (χ2n) is 2.25. The summed E-state index contributed by atoms with van der Waals surface area (Å²) in [5.74, 6) is 0. The van der Waals surface area contributed by atoms with Gasteiger partial charge >= 0.3 is 0 Å². The van der Waals surface area contributed by atoms with Crippen LogP contribution < -0.4 is 0 Å². The highest BCUT2D eigenvalue weighted by atomic mass is 79.9. The topological polar surface area (TPSA) is 40.5 Å². The molecule has 0 spiro atoms. The van der Waals surface area contributed by atoms with Crippen molar-refractivity contribution < 1.29 is 10.2 Å². The first-order valence-electron chi connectivity index (χ1n) is 2.95. The molecule has 0 amide bonds. The minimum atomic E-state index is -0.707. The predicted molar refractivity (Wildman–Crippen MR) is 43.5 cm³/mol. The van der Waals surface area contributed by atoms with Gasteiger partial charge in [0, 0.05) is 0 Å². The lowest BCUT2D eigenvalue weighted by Gasteiger charge is -2.26. The Bertz CT molecular complexity index is 135. The third kappa shape index (κ3) is 1.53. The fraction of sp³-hybridized carbons (Fsp3) is 0.667. The van der Waals surface area contributed by atoms with E-state index in [0.717, 1.165) is 0 Å². The van der Waals surface area contributed by atoms with Gasteiger partial charge in [0.05, 0.1) is 22.4 Å². The molecular weight excluding hydrogens is 219 g/mol. The second-order valence-corrected chi connectivity index (χ2v) is 3.82. The van der Waals surface area contributed by atoms with E-state index in [2.05, 4.69) is 15.9 Å². The standard InChI is InChI=1S/C6H8BrClO2/c7-5-4(9)2-1-3(8)6(5)10/h1-6,9-10H/t3-,4+,5-,6+/m1/s1. The molecule has 0 saturated heterocycles. The van der Waals surface area contributed by atoms with Crippen molar-refractivity contribution in [3.8, 4) is 0 Å². The molecule has 0 unspecified atom stereocenters. The monoisotopic (exact) mass is 226 g/mol. The van der Waals surface area contributed by atoms with Gasteiger partial charge in [-0.15, -0.1) is 11.6 Å². The van der Waals surface area contributed by atoms with Crippen molar-refractivity contribution in [2.45, 2.75) is 22.4 Å². The van der Waals surface area contributed by atoms with E-state index in [1.165, 1.54) is 0 Å². The number of hydrogen-bond donors (Lipinski definition) is 2. The highest BCUT2D eigenvalue weighted by molar-refractivity contribution is 9.09. The molecule has 2 N–H and O–H groups in total. The maximum absolute atomic E-state index is 9.23. The number of aliphatic hydroxyl groups is 2. The molecular formula is C6H8BrClO2. The van der Waals surface area contributed by atoms with E-state index >= 15 is 0 Å². The molecule has 0 aromatic heterocycles. The molecule has 0 radical (unpaired) electrons. The summed E-state index contributed by atoms with van der Waals surface area (Å²) < 4.78 is 0. The van der Waals surface area contributed by atoms with Gasteiger partial charge in [-0.2, -0.15) is 0 Å². The third-order valence-corrected chi connectivity index (χ3v) is 2.96. The molecule has 10 heavy (non-hydrogen) atoms. The van der Waals surface area contributed by atoms with Crippen LogP contribution in [0.2, 0.25) is 0 Å². The van der Waals surface area contributed by atoms with Gasteiger partial charge in [-0.1, -0.05) is 28.1 Å². The van der Waals surface area contributed by atoms with Gasteiger partial charge in [-0.3, -0.25) is 0 Å². The van der Waals surface area contributed by atoms with Gasteiger partial charge in [0.15, 0.2) is 0 Å². The molecule has 1 aliphatic rings. The van der Waals surface area contributed by atoms with E-state index in [1.54, 1.807) is 12.2 Å². The zero-order chi connectivity index (χ0) is 7.72. The molecule has 4 heteroatoms. The maximum Gasteiger partial charge on any atom is 0.0892 e. The summed E-state index contributed by atoms with van der Waals surface area (Å²) in [5, 5.41) is 17.9. The molecule has 0 heterocycles. The van der Waals surface area contributed by atoms with E-state index in [9.17, 15) is 5.11 Å². The van der Waals surface area contributed by atoms with Gasteiger partial charge in [-0.25, -0.2) is 0 Å². The number of hydrogen-bond acceptors (Lipinski definition) is 2. The first-order chi connectivity index (χ1) is 4.63. The van der Waals surface area contributed by atoms with Crippen molar-refractivity contribution in [2.75, 3.05) is 0 Å². The van der Waals surface area contributed by atoms with Crippen LogP contribution in [0.15, 0.2) is 12.2 Å². The van der Waals surface area contributed by atoms with Gasteiger partial charge in [0.2, 0.25) is 0 Å². The Morgan fingerprint density at radius 2 is 1.90 bits per heavy atom. The summed E-state index contributed by atoms with van der Waals surface area (Å²) in [4.78, 5) is -0.347. The third-order valence-electron chi connectivity index (χ3n) is 1.47. The predicted octanol–water partition coefficient (Wildman–Crippen LogP) is 0.649. The Balaban J connectivity index is 2.69. The molecule has 0 aromatic carbocycles. The van der Waals surface area contributed by atoms with Gasteiger partial charge in [-0.05, 0) is 0 Å². The first kappa shape index (κ1) is 8.53. The number of aliphatic hydroxyl groups excluding tert-OH is 2. The average Bonchev–Trinajstić information content (AvgIpc) is 1.93. The minimum Gasteiger partial charge on any atom is -0.390 e. The highest BCUT2D eigenvalue weighted by Gasteiger charge is 2.30. The van der Waals surface area contributed by atoms with Crippen LogP contribution in [0.1, 0.15) is 0 Å². The van der Waals surface area contributed by atoms with Crippen molar-refractivity contribution in [3.63, 3.8) is 0 Å². The van der Waals surface area contributed by atoms with Crippen LogP contribution in [0.25, 0.3) is 0 Å². The van der Waals surface area contributed by atoms with Gasteiger partial charge < -0.3 is 10.2 Å². The molecule has 0 bridgehead atoms. The average molecular weight is 227 g/mol. The van der Waals surface area contributed by atoms with Crippen LogP contribution in [0.4, 0.5) is 0 Å². The Morgan fingerprint density at radius 1 is 1.30 bits per heavy atom. The molecule has 0 fully saturated rings. The maximum atomic E-state index is 9.23. The van der Waals surface area contributed by atoms with E-state index in [-0.39, 0.29) is 4.83 Å². The van der Waals surface area contributed by atoms with Crippen molar-refractivity contribution in [1.29, 1.82) is 0 Å². The summed E-state index contributed by atoms with van der Waals surface area (Å²) in [6.07, 6.45) is 1.82. The SMILES string of the molecule is O[C@@H]1[C@H](Br)[C@@H](O)C=C[C@H]1Cl. The van der Waals surface area contributed by atoms with Crippen molar-refractivity contribution in [3.05, 3.63) is 12.2 Å². The molecule has 1 rings (SSSR count). The Labute approximate surface area is 72.6 Å². The van der Waals surface area contributed by atoms with E-state index < -0.39 is 17.6 Å². The lowest BCUT2D eigenvalue weighted by molar-refractivity contribution is 0.110. The summed E-state index contributed by atoms with van der Waals surface area (Å²) in [6, 6.07) is 0. The molecule has 0 saturated carbocycles. The van der Waals surface area contributed by atoms with Crippen LogP contribution in [0.5, 0.6) is 0 Å². The number of rotatable bonds is 0. The molecule has 58 valence electrons. The smallest absolute Gasteiger partial charge is 0.0892 e. The van der Waals surface area contributed by atoms with Crippen molar-refractivity contribution >= 4 is 27.5 Å². The normalized spacial score (nSPS) is 47.6. The van der Waals surface area contributed by atoms with Crippen LogP contribution >= 0.6 is 27.5 Å². The number of alkyl halides is 2. The zero-order valence-electron chi connectivity index (χ0n) is 5.11.